The molecule has 2 aromatic carbocycles. The Morgan fingerprint density at radius 3 is 2.38 bits per heavy atom. The van der Waals surface area contributed by atoms with E-state index in [1.807, 2.05) is 24.3 Å². The molecule has 3 N–H and O–H groups in total. The van der Waals surface area contributed by atoms with Gasteiger partial charge in [0.1, 0.15) is 5.75 Å². The summed E-state index contributed by atoms with van der Waals surface area (Å²) in [6, 6.07) is 13.9. The molecule has 1 atom stereocenters. The molecular weight excluding hydrogens is 342 g/mol. The van der Waals surface area contributed by atoms with Crippen LogP contribution in [0.3, 0.4) is 0 Å². The van der Waals surface area contributed by atoms with Gasteiger partial charge in [0.15, 0.2) is 0 Å². The van der Waals surface area contributed by atoms with Gasteiger partial charge in [-0.05, 0) is 30.3 Å². The van der Waals surface area contributed by atoms with E-state index in [-0.39, 0.29) is 18.3 Å². The van der Waals surface area contributed by atoms with E-state index in [2.05, 4.69) is 26.0 Å². The quantitative estimate of drug-likeness (QED) is 0.816. The van der Waals surface area contributed by atoms with Gasteiger partial charge in [-0.15, -0.1) is 0 Å². The molecule has 2 rings (SSSR count). The van der Waals surface area contributed by atoms with E-state index in [1.54, 1.807) is 18.2 Å². The van der Waals surface area contributed by atoms with Crippen molar-refractivity contribution in [1.82, 2.24) is 0 Å². The maximum Gasteiger partial charge on any atom is 0.387 e. The maximum absolute atomic E-state index is 12.5. The number of halogens is 3. The number of para-hydroxylation sites is 1. The highest BCUT2D eigenvalue weighted by molar-refractivity contribution is 9.10. The molecule has 0 aliphatic carbocycles. The number of rotatable bonds is 6. The minimum atomic E-state index is -2.86. The van der Waals surface area contributed by atoms with Crippen LogP contribution in [0.4, 0.5) is 14.5 Å². The molecule has 0 saturated heterocycles. The maximum atomic E-state index is 12.5. The van der Waals surface area contributed by atoms with Gasteiger partial charge in [0.2, 0.25) is 0 Å². The summed E-state index contributed by atoms with van der Waals surface area (Å²) in [6.45, 7) is -2.61. The predicted octanol–water partition coefficient (Wildman–Crippen LogP) is 4.16. The zero-order chi connectivity index (χ0) is 15.2. The molecule has 21 heavy (non-hydrogen) atoms. The molecule has 0 radical (unpaired) electrons. The minimum absolute atomic E-state index is 0.132. The van der Waals surface area contributed by atoms with Crippen LogP contribution in [0, 0.1) is 0 Å². The fourth-order valence-electron chi connectivity index (χ4n) is 1.98. The minimum Gasteiger partial charge on any atom is -0.434 e. The first kappa shape index (κ1) is 15.7. The summed E-state index contributed by atoms with van der Waals surface area (Å²) in [4.78, 5) is 0. The summed E-state index contributed by atoms with van der Waals surface area (Å²) >= 11 is 3.36. The van der Waals surface area contributed by atoms with Gasteiger partial charge < -0.3 is 15.8 Å². The summed E-state index contributed by atoms with van der Waals surface area (Å²) in [5.74, 6) is 0.132. The topological polar surface area (TPSA) is 47.3 Å². The number of nitrogens with one attached hydrogen (secondary N) is 1. The molecule has 0 fully saturated rings. The predicted molar refractivity (Wildman–Crippen MR) is 82.6 cm³/mol. The van der Waals surface area contributed by atoms with Crippen molar-refractivity contribution < 1.29 is 13.5 Å². The molecular formula is C15H15BrF2N2O. The van der Waals surface area contributed by atoms with E-state index in [1.165, 1.54) is 6.07 Å². The van der Waals surface area contributed by atoms with Crippen molar-refractivity contribution in [1.29, 1.82) is 0 Å². The van der Waals surface area contributed by atoms with Gasteiger partial charge in [0, 0.05) is 22.3 Å². The summed E-state index contributed by atoms with van der Waals surface area (Å²) in [6.07, 6.45) is 0. The van der Waals surface area contributed by atoms with Crippen LogP contribution in [0.5, 0.6) is 5.75 Å². The number of hydrogen-bond donors (Lipinski definition) is 2. The van der Waals surface area contributed by atoms with Crippen molar-refractivity contribution >= 4 is 21.6 Å². The highest BCUT2D eigenvalue weighted by Gasteiger charge is 2.16. The highest BCUT2D eigenvalue weighted by atomic mass is 79.9. The number of anilines is 1. The van der Waals surface area contributed by atoms with Gasteiger partial charge in [0.05, 0.1) is 6.04 Å². The van der Waals surface area contributed by atoms with Crippen molar-refractivity contribution in [3.05, 3.63) is 58.6 Å². The fraction of sp³-hybridized carbons (Fsp3) is 0.200. The van der Waals surface area contributed by atoms with Gasteiger partial charge >= 0.3 is 6.61 Å². The van der Waals surface area contributed by atoms with E-state index in [0.717, 1.165) is 10.2 Å². The fourth-order valence-corrected chi connectivity index (χ4v) is 2.25. The third kappa shape index (κ3) is 4.41. The highest BCUT2D eigenvalue weighted by Crippen LogP contribution is 2.29. The molecule has 0 bridgehead atoms. The van der Waals surface area contributed by atoms with Crippen molar-refractivity contribution in [2.45, 2.75) is 12.7 Å². The Labute approximate surface area is 130 Å². The molecule has 0 saturated carbocycles. The van der Waals surface area contributed by atoms with Gasteiger partial charge in [-0.1, -0.05) is 34.1 Å². The first-order valence-electron chi connectivity index (χ1n) is 6.36. The van der Waals surface area contributed by atoms with Crippen molar-refractivity contribution in [3.63, 3.8) is 0 Å². The van der Waals surface area contributed by atoms with E-state index in [9.17, 15) is 8.78 Å². The molecule has 0 heterocycles. The van der Waals surface area contributed by atoms with Crippen LogP contribution in [-0.4, -0.2) is 13.2 Å². The summed E-state index contributed by atoms with van der Waals surface area (Å²) in [5, 5.41) is 3.22. The molecule has 0 spiro atoms. The SMILES string of the molecule is NCC(Nc1ccc(Br)cc1)c1ccccc1OC(F)F. The Bertz CT molecular complexity index is 578. The monoisotopic (exact) mass is 356 g/mol. The van der Waals surface area contributed by atoms with Crippen LogP contribution >= 0.6 is 15.9 Å². The van der Waals surface area contributed by atoms with Crippen LogP contribution < -0.4 is 15.8 Å². The molecule has 0 aliphatic rings. The van der Waals surface area contributed by atoms with Gasteiger partial charge in [-0.2, -0.15) is 8.78 Å². The third-order valence-electron chi connectivity index (χ3n) is 2.93. The summed E-state index contributed by atoms with van der Waals surface area (Å²) in [7, 11) is 0. The number of alkyl halides is 2. The van der Waals surface area contributed by atoms with E-state index < -0.39 is 6.61 Å². The summed E-state index contributed by atoms with van der Waals surface area (Å²) in [5.41, 5.74) is 7.22. The van der Waals surface area contributed by atoms with Crippen LogP contribution in [0.15, 0.2) is 53.0 Å². The van der Waals surface area contributed by atoms with Crippen LogP contribution in [0.1, 0.15) is 11.6 Å². The first-order valence-corrected chi connectivity index (χ1v) is 7.15. The molecule has 0 aromatic heterocycles. The Morgan fingerprint density at radius 1 is 1.10 bits per heavy atom. The number of benzene rings is 2. The van der Waals surface area contributed by atoms with Gasteiger partial charge in [-0.25, -0.2) is 0 Å². The molecule has 1 unspecified atom stereocenters. The number of ether oxygens (including phenoxy) is 1. The van der Waals surface area contributed by atoms with Crippen molar-refractivity contribution in [2.75, 3.05) is 11.9 Å². The lowest BCUT2D eigenvalue weighted by Gasteiger charge is -2.21. The Hall–Kier alpha value is -1.66. The van der Waals surface area contributed by atoms with Gasteiger partial charge in [-0.3, -0.25) is 0 Å². The lowest BCUT2D eigenvalue weighted by molar-refractivity contribution is -0.0505. The van der Waals surface area contributed by atoms with Crippen LogP contribution in [-0.2, 0) is 0 Å². The molecule has 3 nitrogen and oxygen atoms in total. The van der Waals surface area contributed by atoms with Crippen molar-refractivity contribution in [3.8, 4) is 5.75 Å². The average molecular weight is 357 g/mol. The molecule has 6 heteroatoms. The lowest BCUT2D eigenvalue weighted by Crippen LogP contribution is -2.21. The zero-order valence-electron chi connectivity index (χ0n) is 11.1. The molecule has 2 aromatic rings. The van der Waals surface area contributed by atoms with Crippen molar-refractivity contribution in [2.24, 2.45) is 5.73 Å². The second-order valence-corrected chi connectivity index (χ2v) is 5.27. The third-order valence-corrected chi connectivity index (χ3v) is 3.46. The Kier molecular flexibility index (Phi) is 5.52. The Morgan fingerprint density at radius 2 is 1.76 bits per heavy atom. The second-order valence-electron chi connectivity index (χ2n) is 4.36. The van der Waals surface area contributed by atoms with Crippen LogP contribution in [0.25, 0.3) is 0 Å². The molecule has 0 amide bonds. The normalized spacial score (nSPS) is 12.2. The van der Waals surface area contributed by atoms with Gasteiger partial charge in [0.25, 0.3) is 0 Å². The van der Waals surface area contributed by atoms with E-state index in [0.29, 0.717) is 5.56 Å². The first-order chi connectivity index (χ1) is 10.1. The smallest absolute Gasteiger partial charge is 0.387 e. The van der Waals surface area contributed by atoms with E-state index >= 15 is 0 Å². The second kappa shape index (κ2) is 7.38. The molecule has 112 valence electrons. The average Bonchev–Trinajstić information content (AvgIpc) is 2.47. The standard InChI is InChI=1S/C15H15BrF2N2O/c16-10-5-7-11(8-6-10)20-13(9-19)12-3-1-2-4-14(12)21-15(17)18/h1-8,13,15,20H,9,19H2. The van der Waals surface area contributed by atoms with E-state index in [4.69, 9.17) is 5.73 Å². The molecule has 0 aliphatic heterocycles. The van der Waals surface area contributed by atoms with Crippen LogP contribution in [0.2, 0.25) is 0 Å². The zero-order valence-corrected chi connectivity index (χ0v) is 12.7. The largest absolute Gasteiger partial charge is 0.434 e. The Balaban J connectivity index is 2.22. The number of hydrogen-bond acceptors (Lipinski definition) is 3. The number of nitrogens with two attached hydrogens (primary N) is 1. The lowest BCUT2D eigenvalue weighted by atomic mass is 10.1. The summed E-state index contributed by atoms with van der Waals surface area (Å²) < 4.78 is 30.4.